The first kappa shape index (κ1) is 10.9. The molecule has 1 atom stereocenters. The number of hydrogen-bond acceptors (Lipinski definition) is 3. The number of carbonyl (C=O) groups is 1. The van der Waals surface area contributed by atoms with E-state index in [1.807, 2.05) is 10.9 Å². The molecule has 5 heteroatoms. The van der Waals surface area contributed by atoms with Crippen molar-refractivity contribution in [1.82, 2.24) is 9.78 Å². The van der Waals surface area contributed by atoms with Gasteiger partial charge in [0.05, 0.1) is 12.8 Å². The number of hydrogen-bond donors (Lipinski definition) is 1. The van der Waals surface area contributed by atoms with Crippen LogP contribution in [0.4, 0.5) is 0 Å². The minimum atomic E-state index is -0.947. The van der Waals surface area contributed by atoms with Crippen LogP contribution in [0.15, 0.2) is 18.5 Å². The summed E-state index contributed by atoms with van der Waals surface area (Å²) in [7, 11) is 0. The summed E-state index contributed by atoms with van der Waals surface area (Å²) in [6, 6.07) is 0. The maximum absolute atomic E-state index is 10.3. The Morgan fingerprint density at radius 1 is 1.75 bits per heavy atom. The number of ether oxygens (including phenoxy) is 1. The fraction of sp³-hybridized carbons (Fsp3) is 0.455. The molecule has 0 spiro atoms. The number of aromatic nitrogens is 2. The molecule has 0 saturated carbocycles. The summed E-state index contributed by atoms with van der Waals surface area (Å²) in [6.07, 6.45) is 7.23. The molecule has 0 radical (unpaired) electrons. The van der Waals surface area contributed by atoms with E-state index in [4.69, 9.17) is 9.84 Å². The molecule has 2 heterocycles. The van der Waals surface area contributed by atoms with Crippen molar-refractivity contribution in [3.8, 4) is 0 Å². The zero-order valence-electron chi connectivity index (χ0n) is 8.87. The molecule has 0 bridgehead atoms. The van der Waals surface area contributed by atoms with Gasteiger partial charge in [-0.25, -0.2) is 4.79 Å². The summed E-state index contributed by atoms with van der Waals surface area (Å²) in [5, 5.41) is 12.7. The lowest BCUT2D eigenvalue weighted by Gasteiger charge is -2.06. The van der Waals surface area contributed by atoms with Gasteiger partial charge < -0.3 is 9.84 Å². The largest absolute Gasteiger partial charge is 0.478 e. The predicted octanol–water partition coefficient (Wildman–Crippen LogP) is 1.02. The molecule has 5 nitrogen and oxygen atoms in total. The van der Waals surface area contributed by atoms with Crippen molar-refractivity contribution in [3.63, 3.8) is 0 Å². The van der Waals surface area contributed by atoms with Crippen LogP contribution in [0.2, 0.25) is 0 Å². The van der Waals surface area contributed by atoms with E-state index >= 15 is 0 Å². The van der Waals surface area contributed by atoms with E-state index in [9.17, 15) is 4.79 Å². The van der Waals surface area contributed by atoms with E-state index in [0.717, 1.165) is 37.8 Å². The minimum Gasteiger partial charge on any atom is -0.478 e. The lowest BCUT2D eigenvalue weighted by molar-refractivity contribution is -0.131. The monoisotopic (exact) mass is 222 g/mol. The van der Waals surface area contributed by atoms with Crippen LogP contribution in [0.3, 0.4) is 0 Å². The molecule has 1 aliphatic rings. The Kier molecular flexibility index (Phi) is 3.36. The fourth-order valence-corrected chi connectivity index (χ4v) is 1.72. The minimum absolute atomic E-state index is 0.524. The molecule has 1 fully saturated rings. The summed E-state index contributed by atoms with van der Waals surface area (Å²) in [4.78, 5) is 10.3. The van der Waals surface area contributed by atoms with Crippen molar-refractivity contribution in [1.29, 1.82) is 0 Å². The quantitative estimate of drug-likeness (QED) is 0.772. The second-order valence-electron chi connectivity index (χ2n) is 3.90. The molecule has 1 unspecified atom stereocenters. The van der Waals surface area contributed by atoms with Gasteiger partial charge in [-0.15, -0.1) is 0 Å². The van der Waals surface area contributed by atoms with E-state index in [2.05, 4.69) is 5.10 Å². The van der Waals surface area contributed by atoms with Crippen LogP contribution in [-0.4, -0.2) is 34.1 Å². The SMILES string of the molecule is O=C(O)/C=C/c1cnn(CC2CCOC2)c1. The smallest absolute Gasteiger partial charge is 0.328 e. The molecule has 0 amide bonds. The number of carboxylic acid groups (broad SMARTS) is 1. The summed E-state index contributed by atoms with van der Waals surface area (Å²) in [5.41, 5.74) is 0.807. The third-order valence-corrected chi connectivity index (χ3v) is 2.54. The molecule has 0 aliphatic carbocycles. The first-order valence-electron chi connectivity index (χ1n) is 5.25. The van der Waals surface area contributed by atoms with Crippen molar-refractivity contribution in [2.24, 2.45) is 5.92 Å². The van der Waals surface area contributed by atoms with Crippen molar-refractivity contribution >= 4 is 12.0 Å². The maximum Gasteiger partial charge on any atom is 0.328 e. The van der Waals surface area contributed by atoms with Crippen molar-refractivity contribution < 1.29 is 14.6 Å². The van der Waals surface area contributed by atoms with Gasteiger partial charge in [-0.05, 0) is 12.5 Å². The van der Waals surface area contributed by atoms with Gasteiger partial charge in [-0.1, -0.05) is 0 Å². The fourth-order valence-electron chi connectivity index (χ4n) is 1.72. The molecule has 1 saturated heterocycles. The van der Waals surface area contributed by atoms with E-state index in [-0.39, 0.29) is 0 Å². The number of carboxylic acids is 1. The third-order valence-electron chi connectivity index (χ3n) is 2.54. The average Bonchev–Trinajstić information content (AvgIpc) is 2.87. The second kappa shape index (κ2) is 4.94. The first-order valence-corrected chi connectivity index (χ1v) is 5.25. The summed E-state index contributed by atoms with van der Waals surface area (Å²) in [6.45, 7) is 2.46. The number of nitrogens with zero attached hydrogens (tertiary/aromatic N) is 2. The first-order chi connectivity index (χ1) is 7.74. The van der Waals surface area contributed by atoms with Crippen LogP contribution in [0.5, 0.6) is 0 Å². The van der Waals surface area contributed by atoms with Crippen molar-refractivity contribution in [2.45, 2.75) is 13.0 Å². The van der Waals surface area contributed by atoms with Gasteiger partial charge in [0.2, 0.25) is 0 Å². The molecule has 1 aromatic rings. The van der Waals surface area contributed by atoms with Crippen LogP contribution < -0.4 is 0 Å². The Hall–Kier alpha value is -1.62. The Morgan fingerprint density at radius 2 is 2.62 bits per heavy atom. The lowest BCUT2D eigenvalue weighted by atomic mass is 10.1. The molecule has 16 heavy (non-hydrogen) atoms. The van der Waals surface area contributed by atoms with Gasteiger partial charge in [-0.2, -0.15) is 5.10 Å². The topological polar surface area (TPSA) is 64.3 Å². The highest BCUT2D eigenvalue weighted by Gasteiger charge is 2.16. The van der Waals surface area contributed by atoms with Crippen LogP contribution in [-0.2, 0) is 16.1 Å². The molecular formula is C11H14N2O3. The van der Waals surface area contributed by atoms with Crippen molar-refractivity contribution in [2.75, 3.05) is 13.2 Å². The molecular weight excluding hydrogens is 208 g/mol. The van der Waals surface area contributed by atoms with Gasteiger partial charge in [0, 0.05) is 36.9 Å². The normalized spacial score (nSPS) is 20.6. The third kappa shape index (κ3) is 2.93. The van der Waals surface area contributed by atoms with Gasteiger partial charge in [0.1, 0.15) is 0 Å². The number of rotatable bonds is 4. The predicted molar refractivity (Wildman–Crippen MR) is 57.8 cm³/mol. The highest BCUT2D eigenvalue weighted by atomic mass is 16.5. The standard InChI is InChI=1S/C11H14N2O3/c14-11(15)2-1-9-5-12-13(6-9)7-10-3-4-16-8-10/h1-2,5-6,10H,3-4,7-8H2,(H,14,15)/b2-1+. The van der Waals surface area contributed by atoms with E-state index in [1.54, 1.807) is 6.20 Å². The van der Waals surface area contributed by atoms with Gasteiger partial charge >= 0.3 is 5.97 Å². The highest BCUT2D eigenvalue weighted by molar-refractivity contribution is 5.85. The maximum atomic E-state index is 10.3. The Labute approximate surface area is 93.3 Å². The zero-order valence-corrected chi connectivity index (χ0v) is 8.87. The van der Waals surface area contributed by atoms with Crippen LogP contribution in [0, 0.1) is 5.92 Å². The highest BCUT2D eigenvalue weighted by Crippen LogP contribution is 2.14. The molecule has 1 N–H and O–H groups in total. The van der Waals surface area contributed by atoms with Gasteiger partial charge in [-0.3, -0.25) is 4.68 Å². The zero-order chi connectivity index (χ0) is 11.4. The van der Waals surface area contributed by atoms with Gasteiger partial charge in [0.25, 0.3) is 0 Å². The second-order valence-corrected chi connectivity index (χ2v) is 3.90. The van der Waals surface area contributed by atoms with E-state index in [0.29, 0.717) is 5.92 Å². The Balaban J connectivity index is 1.93. The Bertz CT molecular complexity index is 392. The molecule has 2 rings (SSSR count). The number of aliphatic carboxylic acids is 1. The van der Waals surface area contributed by atoms with E-state index in [1.165, 1.54) is 6.08 Å². The van der Waals surface area contributed by atoms with Gasteiger partial charge in [0.15, 0.2) is 0 Å². The summed E-state index contributed by atoms with van der Waals surface area (Å²) in [5.74, 6) is -0.423. The lowest BCUT2D eigenvalue weighted by Crippen LogP contribution is -2.10. The summed E-state index contributed by atoms with van der Waals surface area (Å²) < 4.78 is 7.12. The van der Waals surface area contributed by atoms with Crippen LogP contribution in [0.1, 0.15) is 12.0 Å². The Morgan fingerprint density at radius 3 is 3.31 bits per heavy atom. The summed E-state index contributed by atoms with van der Waals surface area (Å²) >= 11 is 0. The molecule has 86 valence electrons. The molecule has 1 aliphatic heterocycles. The van der Waals surface area contributed by atoms with Crippen molar-refractivity contribution in [3.05, 3.63) is 24.0 Å². The van der Waals surface area contributed by atoms with E-state index < -0.39 is 5.97 Å². The van der Waals surface area contributed by atoms with Crippen LogP contribution >= 0.6 is 0 Å². The molecule has 0 aromatic carbocycles. The average molecular weight is 222 g/mol. The van der Waals surface area contributed by atoms with Crippen LogP contribution in [0.25, 0.3) is 6.08 Å². The molecule has 1 aromatic heterocycles.